The summed E-state index contributed by atoms with van der Waals surface area (Å²) in [5.74, 6) is 1.05. The molecule has 7 nitrogen and oxygen atoms in total. The highest BCUT2D eigenvalue weighted by Gasteiger charge is 2.28. The Morgan fingerprint density at radius 3 is 2.49 bits per heavy atom. The standard InChI is InChI=1S/C28H25N5O2.C2H6/c1-18(2)20-5-3-19(4-6-20)17-35-23-9-7-21(8-10-23)25-26(24-11-12-30-16-22(24)15-29)32-33-14-13-31-28(34)27(25)33;1-2/h3-12,16,18H,13-14,17H2,1-2H3,(H,31,34);1-2H3. The van der Waals surface area contributed by atoms with Crippen LogP contribution in [-0.4, -0.2) is 27.2 Å². The summed E-state index contributed by atoms with van der Waals surface area (Å²) in [6.45, 7) is 9.90. The fraction of sp³-hybridized carbons (Fsp3) is 0.267. The highest BCUT2D eigenvalue weighted by molar-refractivity contribution is 6.03. The van der Waals surface area contributed by atoms with Crippen LogP contribution in [0.15, 0.2) is 67.0 Å². The molecule has 0 saturated heterocycles. The van der Waals surface area contributed by atoms with Crippen LogP contribution in [0.2, 0.25) is 0 Å². The van der Waals surface area contributed by atoms with Crippen LogP contribution in [0.1, 0.15) is 60.8 Å². The monoisotopic (exact) mass is 493 g/mol. The van der Waals surface area contributed by atoms with Gasteiger partial charge >= 0.3 is 0 Å². The highest BCUT2D eigenvalue weighted by Crippen LogP contribution is 2.37. The van der Waals surface area contributed by atoms with Crippen molar-refractivity contribution in [1.29, 1.82) is 5.26 Å². The number of carbonyl (C=O) groups is 1. The number of pyridine rings is 1. The number of hydrogen-bond acceptors (Lipinski definition) is 5. The number of amides is 1. The van der Waals surface area contributed by atoms with Gasteiger partial charge in [-0.15, -0.1) is 0 Å². The van der Waals surface area contributed by atoms with Gasteiger partial charge < -0.3 is 10.1 Å². The Balaban J connectivity index is 0.00000156. The van der Waals surface area contributed by atoms with E-state index in [0.29, 0.717) is 53.7 Å². The number of carbonyl (C=O) groups excluding carboxylic acids is 1. The molecule has 188 valence electrons. The minimum absolute atomic E-state index is 0.178. The van der Waals surface area contributed by atoms with Gasteiger partial charge in [-0.2, -0.15) is 10.4 Å². The summed E-state index contributed by atoms with van der Waals surface area (Å²) in [5.41, 5.74) is 6.07. The first-order valence-corrected chi connectivity index (χ1v) is 12.6. The molecule has 1 amide bonds. The van der Waals surface area contributed by atoms with Crippen molar-refractivity contribution in [2.45, 2.75) is 46.8 Å². The minimum Gasteiger partial charge on any atom is -0.489 e. The van der Waals surface area contributed by atoms with E-state index in [1.54, 1.807) is 16.9 Å². The van der Waals surface area contributed by atoms with E-state index in [0.717, 1.165) is 16.9 Å². The summed E-state index contributed by atoms with van der Waals surface area (Å²) in [5, 5.41) is 17.2. The molecule has 7 heteroatoms. The van der Waals surface area contributed by atoms with E-state index in [4.69, 9.17) is 9.84 Å². The summed E-state index contributed by atoms with van der Waals surface area (Å²) >= 11 is 0. The normalized spacial score (nSPS) is 12.2. The second-order valence-electron chi connectivity index (χ2n) is 8.79. The first-order chi connectivity index (χ1) is 18.0. The lowest BCUT2D eigenvalue weighted by Gasteiger charge is -2.15. The topological polar surface area (TPSA) is 92.8 Å². The Hall–Kier alpha value is -4.44. The Kier molecular flexibility index (Phi) is 7.99. The number of benzene rings is 2. The number of ether oxygens (including phenoxy) is 1. The molecule has 0 fully saturated rings. The van der Waals surface area contributed by atoms with Crippen LogP contribution in [0.5, 0.6) is 5.75 Å². The quantitative estimate of drug-likeness (QED) is 0.358. The lowest BCUT2D eigenvalue weighted by atomic mass is 9.96. The van der Waals surface area contributed by atoms with Gasteiger partial charge in [0, 0.05) is 30.1 Å². The van der Waals surface area contributed by atoms with Crippen LogP contribution in [-0.2, 0) is 13.2 Å². The van der Waals surface area contributed by atoms with Gasteiger partial charge in [0.15, 0.2) is 0 Å². The maximum Gasteiger partial charge on any atom is 0.270 e. The maximum absolute atomic E-state index is 12.8. The second kappa shape index (κ2) is 11.5. The number of hydrogen-bond donors (Lipinski definition) is 1. The molecule has 5 rings (SSSR count). The number of rotatable bonds is 6. The lowest BCUT2D eigenvalue weighted by molar-refractivity contribution is 0.0925. The molecule has 0 radical (unpaired) electrons. The molecule has 37 heavy (non-hydrogen) atoms. The van der Waals surface area contributed by atoms with E-state index in [-0.39, 0.29) is 5.91 Å². The zero-order valence-corrected chi connectivity index (χ0v) is 21.7. The average molecular weight is 494 g/mol. The lowest BCUT2D eigenvalue weighted by Crippen LogP contribution is -2.35. The van der Waals surface area contributed by atoms with Crippen LogP contribution < -0.4 is 10.1 Å². The molecular weight excluding hydrogens is 462 g/mol. The van der Waals surface area contributed by atoms with Crippen molar-refractivity contribution >= 4 is 5.91 Å². The molecular formula is C30H31N5O2. The summed E-state index contributed by atoms with van der Waals surface area (Å²) < 4.78 is 7.72. The Morgan fingerprint density at radius 2 is 1.81 bits per heavy atom. The van der Waals surface area contributed by atoms with E-state index in [9.17, 15) is 10.1 Å². The largest absolute Gasteiger partial charge is 0.489 e. The van der Waals surface area contributed by atoms with Gasteiger partial charge in [0.2, 0.25) is 0 Å². The fourth-order valence-corrected chi connectivity index (χ4v) is 4.25. The van der Waals surface area contributed by atoms with Gasteiger partial charge in [0.25, 0.3) is 5.91 Å². The summed E-state index contributed by atoms with van der Waals surface area (Å²) in [6.07, 6.45) is 3.14. The zero-order chi connectivity index (χ0) is 26.4. The van der Waals surface area contributed by atoms with Gasteiger partial charge in [0.1, 0.15) is 29.8 Å². The number of nitriles is 1. The number of aromatic nitrogens is 3. The average Bonchev–Trinajstić information content (AvgIpc) is 3.34. The molecule has 2 aromatic heterocycles. The molecule has 1 aliphatic rings. The number of nitrogens with one attached hydrogen (secondary N) is 1. The molecule has 0 aliphatic carbocycles. The molecule has 0 saturated carbocycles. The predicted molar refractivity (Wildman–Crippen MR) is 144 cm³/mol. The van der Waals surface area contributed by atoms with Crippen molar-refractivity contribution in [2.75, 3.05) is 6.54 Å². The molecule has 3 heterocycles. The molecule has 2 aromatic carbocycles. The van der Waals surface area contributed by atoms with Crippen LogP contribution in [0.3, 0.4) is 0 Å². The molecule has 0 atom stereocenters. The Labute approximate surface area is 217 Å². The van der Waals surface area contributed by atoms with Gasteiger partial charge in [-0.3, -0.25) is 14.5 Å². The Bertz CT molecular complexity index is 1410. The molecule has 1 aliphatic heterocycles. The first kappa shape index (κ1) is 25.6. The van der Waals surface area contributed by atoms with Crippen LogP contribution in [0, 0.1) is 11.3 Å². The molecule has 0 bridgehead atoms. The van der Waals surface area contributed by atoms with Crippen LogP contribution in [0.4, 0.5) is 0 Å². The third kappa shape index (κ3) is 5.39. The summed E-state index contributed by atoms with van der Waals surface area (Å²) in [6, 6.07) is 20.0. The summed E-state index contributed by atoms with van der Waals surface area (Å²) in [7, 11) is 0. The molecule has 0 spiro atoms. The van der Waals surface area contributed by atoms with Crippen molar-refractivity contribution in [3.05, 3.63) is 89.4 Å². The van der Waals surface area contributed by atoms with Crippen molar-refractivity contribution in [3.8, 4) is 34.2 Å². The number of fused-ring (bicyclic) bond motifs is 1. The van der Waals surface area contributed by atoms with Gasteiger partial charge in [-0.05, 0) is 40.8 Å². The van der Waals surface area contributed by atoms with Crippen LogP contribution in [0.25, 0.3) is 22.4 Å². The number of nitrogens with zero attached hydrogens (tertiary/aromatic N) is 4. The van der Waals surface area contributed by atoms with E-state index in [2.05, 4.69) is 54.5 Å². The predicted octanol–water partition coefficient (Wildman–Crippen LogP) is 5.96. The minimum atomic E-state index is -0.178. The van der Waals surface area contributed by atoms with Crippen molar-refractivity contribution < 1.29 is 9.53 Å². The van der Waals surface area contributed by atoms with Gasteiger partial charge in [0.05, 0.1) is 12.1 Å². The molecule has 1 N–H and O–H groups in total. The van der Waals surface area contributed by atoms with Gasteiger partial charge in [-0.25, -0.2) is 0 Å². The first-order valence-electron chi connectivity index (χ1n) is 12.6. The van der Waals surface area contributed by atoms with E-state index in [1.807, 2.05) is 38.1 Å². The smallest absolute Gasteiger partial charge is 0.270 e. The fourth-order valence-electron chi connectivity index (χ4n) is 4.25. The Morgan fingerprint density at radius 1 is 1.08 bits per heavy atom. The van der Waals surface area contributed by atoms with E-state index >= 15 is 0 Å². The molecule has 0 unspecified atom stereocenters. The SMILES string of the molecule is CC.CC(C)c1ccc(COc2ccc(-c3c(-c4ccncc4C#N)nn4c3C(=O)NCC4)cc2)cc1. The van der Waals surface area contributed by atoms with Crippen molar-refractivity contribution in [2.24, 2.45) is 0 Å². The van der Waals surface area contributed by atoms with Crippen LogP contribution >= 0.6 is 0 Å². The molecule has 4 aromatic rings. The maximum atomic E-state index is 12.8. The van der Waals surface area contributed by atoms with Crippen molar-refractivity contribution in [1.82, 2.24) is 20.1 Å². The van der Waals surface area contributed by atoms with Crippen molar-refractivity contribution in [3.63, 3.8) is 0 Å². The highest BCUT2D eigenvalue weighted by atomic mass is 16.5. The third-order valence-corrected chi connectivity index (χ3v) is 6.17. The second-order valence-corrected chi connectivity index (χ2v) is 8.79. The third-order valence-electron chi connectivity index (χ3n) is 6.17. The van der Waals surface area contributed by atoms with E-state index < -0.39 is 0 Å². The van der Waals surface area contributed by atoms with Gasteiger partial charge in [-0.1, -0.05) is 64.1 Å². The zero-order valence-electron chi connectivity index (χ0n) is 21.7. The van der Waals surface area contributed by atoms with E-state index in [1.165, 1.54) is 11.8 Å². The summed E-state index contributed by atoms with van der Waals surface area (Å²) in [4.78, 5) is 16.9.